The Morgan fingerprint density at radius 3 is 2.22 bits per heavy atom. The van der Waals surface area contributed by atoms with Crippen LogP contribution in [0.15, 0.2) is 66.9 Å². The lowest BCUT2D eigenvalue weighted by Gasteiger charge is -2.13. The van der Waals surface area contributed by atoms with Crippen molar-refractivity contribution in [3.05, 3.63) is 84.1 Å². The number of nitrogens with zero attached hydrogens (tertiary/aromatic N) is 4. The van der Waals surface area contributed by atoms with Gasteiger partial charge in [-0.3, -0.25) is 9.88 Å². The third-order valence-corrected chi connectivity index (χ3v) is 4.12. The zero-order valence-corrected chi connectivity index (χ0v) is 15.0. The Kier molecular flexibility index (Phi) is 4.38. The van der Waals surface area contributed by atoms with Gasteiger partial charge in [-0.25, -0.2) is 19.3 Å². The largest absolute Gasteiger partial charge is 0.294 e. The van der Waals surface area contributed by atoms with E-state index in [-0.39, 0.29) is 5.82 Å². The average Bonchev–Trinajstić information content (AvgIpc) is 3.06. The highest BCUT2D eigenvalue weighted by atomic mass is 19.1. The molecule has 2 heterocycles. The maximum absolute atomic E-state index is 13.4. The van der Waals surface area contributed by atoms with Crippen molar-refractivity contribution in [3.8, 4) is 16.9 Å². The first-order valence-electron chi connectivity index (χ1n) is 8.58. The molecule has 4 aromatic rings. The summed E-state index contributed by atoms with van der Waals surface area (Å²) < 4.78 is 15.4. The van der Waals surface area contributed by atoms with Gasteiger partial charge in [-0.2, -0.15) is 0 Å². The molecule has 0 bridgehead atoms. The zero-order chi connectivity index (χ0) is 18.8. The molecule has 0 amide bonds. The molecule has 0 saturated heterocycles. The van der Waals surface area contributed by atoms with Crippen LogP contribution in [0.1, 0.15) is 11.4 Å². The van der Waals surface area contributed by atoms with Crippen molar-refractivity contribution >= 4 is 11.9 Å². The fraction of sp³-hybridized carbons (Fsp3) is 0.0952. The maximum atomic E-state index is 13.4. The maximum Gasteiger partial charge on any atom is 0.229 e. The van der Waals surface area contributed by atoms with Gasteiger partial charge in [0.1, 0.15) is 5.82 Å². The SMILES string of the molecule is Cc1cc(C)nc(Nc2ncc(-c3ccccc3)n2-c2ccc(F)cc2)n1. The van der Waals surface area contributed by atoms with Crippen LogP contribution < -0.4 is 5.32 Å². The highest BCUT2D eigenvalue weighted by Gasteiger charge is 2.15. The molecule has 1 N–H and O–H groups in total. The first-order valence-corrected chi connectivity index (χ1v) is 8.58. The van der Waals surface area contributed by atoms with E-state index in [1.54, 1.807) is 18.3 Å². The summed E-state index contributed by atoms with van der Waals surface area (Å²) in [4.78, 5) is 13.4. The average molecular weight is 359 g/mol. The number of aryl methyl sites for hydroxylation is 2. The zero-order valence-electron chi connectivity index (χ0n) is 15.0. The second kappa shape index (κ2) is 6.99. The van der Waals surface area contributed by atoms with E-state index in [1.165, 1.54) is 12.1 Å². The Bertz CT molecular complexity index is 1050. The van der Waals surface area contributed by atoms with E-state index in [9.17, 15) is 4.39 Å². The molecule has 0 atom stereocenters. The van der Waals surface area contributed by atoms with Gasteiger partial charge in [0.15, 0.2) is 0 Å². The van der Waals surface area contributed by atoms with Crippen molar-refractivity contribution in [1.29, 1.82) is 0 Å². The van der Waals surface area contributed by atoms with Crippen LogP contribution in [0.25, 0.3) is 16.9 Å². The fourth-order valence-corrected chi connectivity index (χ4v) is 2.99. The quantitative estimate of drug-likeness (QED) is 0.567. The van der Waals surface area contributed by atoms with Gasteiger partial charge in [-0.1, -0.05) is 30.3 Å². The minimum atomic E-state index is -0.285. The van der Waals surface area contributed by atoms with Gasteiger partial charge < -0.3 is 0 Å². The van der Waals surface area contributed by atoms with Crippen LogP contribution in [0.4, 0.5) is 16.3 Å². The summed E-state index contributed by atoms with van der Waals surface area (Å²) in [5.41, 5.74) is 4.42. The molecular formula is C21H18FN5. The van der Waals surface area contributed by atoms with E-state index in [1.807, 2.05) is 54.8 Å². The summed E-state index contributed by atoms with van der Waals surface area (Å²) in [6.45, 7) is 3.84. The molecule has 27 heavy (non-hydrogen) atoms. The van der Waals surface area contributed by atoms with Crippen LogP contribution in [0.2, 0.25) is 0 Å². The second-order valence-corrected chi connectivity index (χ2v) is 6.24. The van der Waals surface area contributed by atoms with Crippen LogP contribution in [0.3, 0.4) is 0 Å². The topological polar surface area (TPSA) is 55.6 Å². The third kappa shape index (κ3) is 3.55. The van der Waals surface area contributed by atoms with Crippen molar-refractivity contribution < 1.29 is 4.39 Å². The van der Waals surface area contributed by atoms with Gasteiger partial charge in [0.25, 0.3) is 0 Å². The lowest BCUT2D eigenvalue weighted by molar-refractivity contribution is 0.627. The van der Waals surface area contributed by atoms with Crippen LogP contribution in [0.5, 0.6) is 0 Å². The van der Waals surface area contributed by atoms with Crippen LogP contribution in [-0.2, 0) is 0 Å². The molecule has 5 nitrogen and oxygen atoms in total. The molecule has 0 spiro atoms. The van der Waals surface area contributed by atoms with Crippen molar-refractivity contribution in [2.24, 2.45) is 0 Å². The number of hydrogen-bond donors (Lipinski definition) is 1. The van der Waals surface area contributed by atoms with E-state index in [0.29, 0.717) is 11.9 Å². The van der Waals surface area contributed by atoms with Crippen molar-refractivity contribution in [3.63, 3.8) is 0 Å². The predicted octanol–water partition coefficient (Wildman–Crippen LogP) is 4.83. The highest BCUT2D eigenvalue weighted by molar-refractivity contribution is 5.66. The lowest BCUT2D eigenvalue weighted by atomic mass is 10.1. The summed E-state index contributed by atoms with van der Waals surface area (Å²) in [7, 11) is 0. The van der Waals surface area contributed by atoms with Crippen molar-refractivity contribution in [1.82, 2.24) is 19.5 Å². The van der Waals surface area contributed by atoms with Crippen molar-refractivity contribution in [2.75, 3.05) is 5.32 Å². The van der Waals surface area contributed by atoms with Gasteiger partial charge in [0, 0.05) is 22.6 Å². The number of halogens is 1. The van der Waals surface area contributed by atoms with E-state index in [0.717, 1.165) is 28.3 Å². The van der Waals surface area contributed by atoms with E-state index in [4.69, 9.17) is 0 Å². The molecule has 0 unspecified atom stereocenters. The van der Waals surface area contributed by atoms with Gasteiger partial charge in [-0.05, 0) is 44.2 Å². The number of hydrogen-bond acceptors (Lipinski definition) is 4. The third-order valence-electron chi connectivity index (χ3n) is 4.12. The fourth-order valence-electron chi connectivity index (χ4n) is 2.99. The number of benzene rings is 2. The monoisotopic (exact) mass is 359 g/mol. The Morgan fingerprint density at radius 1 is 0.889 bits per heavy atom. The van der Waals surface area contributed by atoms with Gasteiger partial charge in [0.2, 0.25) is 11.9 Å². The molecule has 0 aliphatic carbocycles. The van der Waals surface area contributed by atoms with Crippen molar-refractivity contribution in [2.45, 2.75) is 13.8 Å². The first-order chi connectivity index (χ1) is 13.1. The standard InChI is InChI=1S/C21H18FN5/c1-14-12-15(2)25-20(24-14)26-21-23-13-19(16-6-4-3-5-7-16)27(21)18-10-8-17(22)9-11-18/h3-13H,1-2H3,(H,23,24,25,26). The molecule has 4 rings (SSSR count). The summed E-state index contributed by atoms with van der Waals surface area (Å²) in [6.07, 6.45) is 1.78. The summed E-state index contributed by atoms with van der Waals surface area (Å²) in [5, 5.41) is 3.19. The Labute approximate surface area is 156 Å². The van der Waals surface area contributed by atoms with Gasteiger partial charge in [0.05, 0.1) is 11.9 Å². The number of anilines is 2. The molecule has 0 fully saturated rings. The van der Waals surface area contributed by atoms with Gasteiger partial charge >= 0.3 is 0 Å². The first kappa shape index (κ1) is 16.9. The summed E-state index contributed by atoms with van der Waals surface area (Å²) in [6, 6.07) is 18.1. The van der Waals surface area contributed by atoms with Gasteiger partial charge in [-0.15, -0.1) is 0 Å². The van der Waals surface area contributed by atoms with Crippen LogP contribution in [-0.4, -0.2) is 19.5 Å². The Hall–Kier alpha value is -3.54. The minimum absolute atomic E-state index is 0.285. The van der Waals surface area contributed by atoms with E-state index in [2.05, 4.69) is 20.3 Å². The molecule has 2 aromatic heterocycles. The minimum Gasteiger partial charge on any atom is -0.294 e. The highest BCUT2D eigenvalue weighted by Crippen LogP contribution is 2.28. The lowest BCUT2D eigenvalue weighted by Crippen LogP contribution is -2.07. The molecule has 0 radical (unpaired) electrons. The van der Waals surface area contributed by atoms with E-state index >= 15 is 0 Å². The van der Waals surface area contributed by atoms with Crippen LogP contribution >= 0.6 is 0 Å². The van der Waals surface area contributed by atoms with E-state index < -0.39 is 0 Å². The van der Waals surface area contributed by atoms with Crippen LogP contribution in [0, 0.1) is 19.7 Å². The molecule has 0 aliphatic heterocycles. The molecule has 0 aliphatic rings. The number of nitrogens with one attached hydrogen (secondary N) is 1. The molecular weight excluding hydrogens is 341 g/mol. The molecule has 6 heteroatoms. The Balaban J connectivity index is 1.84. The number of imidazole rings is 1. The number of rotatable bonds is 4. The molecule has 2 aromatic carbocycles. The number of aromatic nitrogens is 4. The summed E-state index contributed by atoms with van der Waals surface area (Å²) in [5.74, 6) is 0.749. The second-order valence-electron chi connectivity index (χ2n) is 6.24. The summed E-state index contributed by atoms with van der Waals surface area (Å²) >= 11 is 0. The predicted molar refractivity (Wildman–Crippen MR) is 104 cm³/mol. The normalized spacial score (nSPS) is 10.8. The smallest absolute Gasteiger partial charge is 0.229 e. The molecule has 0 saturated carbocycles. The Morgan fingerprint density at radius 2 is 1.56 bits per heavy atom. The molecule has 134 valence electrons.